The summed E-state index contributed by atoms with van der Waals surface area (Å²) in [7, 11) is 0. The molecule has 0 saturated heterocycles. The van der Waals surface area contributed by atoms with E-state index in [-0.39, 0.29) is 0 Å². The second-order valence-corrected chi connectivity index (χ2v) is 4.21. The van der Waals surface area contributed by atoms with Gasteiger partial charge in [0, 0.05) is 10.6 Å². The van der Waals surface area contributed by atoms with Crippen molar-refractivity contribution in [3.8, 4) is 0 Å². The maximum absolute atomic E-state index is 12.3. The molecule has 14 heavy (non-hydrogen) atoms. The molecular formula is C9H9F3S2. The Morgan fingerprint density at radius 2 is 2.00 bits per heavy atom. The fourth-order valence-electron chi connectivity index (χ4n) is 0.926. The summed E-state index contributed by atoms with van der Waals surface area (Å²) < 4.78 is 36.8. The molecule has 0 amide bonds. The van der Waals surface area contributed by atoms with Gasteiger partial charge < -0.3 is 0 Å². The van der Waals surface area contributed by atoms with Gasteiger partial charge in [-0.05, 0) is 24.0 Å². The van der Waals surface area contributed by atoms with Crippen molar-refractivity contribution in [2.24, 2.45) is 0 Å². The monoisotopic (exact) mass is 238 g/mol. The Morgan fingerprint density at radius 3 is 2.57 bits per heavy atom. The Bertz CT molecular complexity index is 296. The minimum absolute atomic E-state index is 0.596. The summed E-state index contributed by atoms with van der Waals surface area (Å²) in [5, 5.41) is 0. The molecule has 0 aliphatic carbocycles. The summed E-state index contributed by atoms with van der Waals surface area (Å²) in [6.45, 7) is 0. The zero-order chi connectivity index (χ0) is 10.6. The first-order valence-electron chi connectivity index (χ1n) is 3.95. The molecule has 0 saturated carbocycles. The molecular weight excluding hydrogens is 229 g/mol. The first kappa shape index (κ1) is 11.8. The van der Waals surface area contributed by atoms with Gasteiger partial charge in [-0.1, -0.05) is 6.07 Å². The van der Waals surface area contributed by atoms with Gasteiger partial charge in [-0.25, -0.2) is 0 Å². The van der Waals surface area contributed by atoms with Crippen LogP contribution < -0.4 is 0 Å². The Labute approximate surface area is 90.3 Å². The Morgan fingerprint density at radius 1 is 1.29 bits per heavy atom. The van der Waals surface area contributed by atoms with E-state index in [0.717, 1.165) is 12.1 Å². The summed E-state index contributed by atoms with van der Waals surface area (Å²) in [5.74, 6) is 1.37. The number of rotatable bonds is 3. The van der Waals surface area contributed by atoms with Crippen LogP contribution in [-0.4, -0.2) is 11.5 Å². The quantitative estimate of drug-likeness (QED) is 0.618. The molecule has 0 spiro atoms. The second-order valence-electron chi connectivity index (χ2n) is 2.60. The van der Waals surface area contributed by atoms with E-state index < -0.39 is 11.7 Å². The van der Waals surface area contributed by atoms with Crippen molar-refractivity contribution in [3.63, 3.8) is 0 Å². The molecule has 0 fully saturated rings. The van der Waals surface area contributed by atoms with Crippen molar-refractivity contribution < 1.29 is 13.2 Å². The Balaban J connectivity index is 2.79. The minimum atomic E-state index is -4.25. The van der Waals surface area contributed by atoms with E-state index in [9.17, 15) is 13.2 Å². The topological polar surface area (TPSA) is 0 Å². The zero-order valence-corrected chi connectivity index (χ0v) is 8.92. The van der Waals surface area contributed by atoms with Crippen LogP contribution in [0.2, 0.25) is 0 Å². The van der Waals surface area contributed by atoms with E-state index in [4.69, 9.17) is 0 Å². The Kier molecular flexibility index (Phi) is 4.19. The van der Waals surface area contributed by atoms with Crippen LogP contribution in [0.15, 0.2) is 29.2 Å². The highest BCUT2D eigenvalue weighted by Gasteiger charge is 2.30. The first-order chi connectivity index (χ1) is 6.54. The molecule has 5 heteroatoms. The van der Waals surface area contributed by atoms with Gasteiger partial charge in [0.1, 0.15) is 0 Å². The van der Waals surface area contributed by atoms with Crippen LogP contribution in [0.4, 0.5) is 13.2 Å². The molecule has 0 N–H and O–H groups in total. The van der Waals surface area contributed by atoms with Crippen molar-refractivity contribution in [1.82, 2.24) is 0 Å². The molecule has 1 aromatic rings. The van der Waals surface area contributed by atoms with Crippen molar-refractivity contribution in [1.29, 1.82) is 0 Å². The van der Waals surface area contributed by atoms with Crippen LogP contribution in [0.25, 0.3) is 0 Å². The number of hydrogen-bond donors (Lipinski definition) is 1. The molecule has 1 rings (SSSR count). The zero-order valence-electron chi connectivity index (χ0n) is 7.21. The van der Waals surface area contributed by atoms with Crippen LogP contribution in [0, 0.1) is 0 Å². The predicted molar refractivity (Wildman–Crippen MR) is 56.0 cm³/mol. The van der Waals surface area contributed by atoms with E-state index in [0.29, 0.717) is 16.4 Å². The number of hydrogen-bond acceptors (Lipinski definition) is 2. The van der Waals surface area contributed by atoms with Gasteiger partial charge in [-0.2, -0.15) is 25.8 Å². The van der Waals surface area contributed by atoms with Gasteiger partial charge in [0.2, 0.25) is 0 Å². The van der Waals surface area contributed by atoms with Crippen LogP contribution in [0.3, 0.4) is 0 Å². The number of thiol groups is 1. The molecule has 0 aliphatic rings. The third-order valence-corrected chi connectivity index (χ3v) is 3.04. The third-order valence-electron chi connectivity index (χ3n) is 1.52. The first-order valence-corrected chi connectivity index (χ1v) is 5.57. The average Bonchev–Trinajstić information content (AvgIpc) is 2.14. The molecule has 1 aromatic carbocycles. The lowest BCUT2D eigenvalue weighted by Gasteiger charge is -2.07. The minimum Gasteiger partial charge on any atom is -0.178 e. The summed E-state index contributed by atoms with van der Waals surface area (Å²) in [5.41, 5.74) is -0.596. The van der Waals surface area contributed by atoms with Crippen molar-refractivity contribution in [2.45, 2.75) is 11.1 Å². The summed E-state index contributed by atoms with van der Waals surface area (Å²) >= 11 is 5.37. The van der Waals surface area contributed by atoms with E-state index in [1.54, 1.807) is 6.07 Å². The molecule has 0 radical (unpaired) electrons. The van der Waals surface area contributed by atoms with Crippen molar-refractivity contribution in [2.75, 3.05) is 11.5 Å². The second kappa shape index (κ2) is 4.98. The van der Waals surface area contributed by atoms with E-state index in [2.05, 4.69) is 12.6 Å². The van der Waals surface area contributed by atoms with Gasteiger partial charge >= 0.3 is 6.18 Å². The number of alkyl halides is 3. The molecule has 0 aliphatic heterocycles. The van der Waals surface area contributed by atoms with E-state index >= 15 is 0 Å². The lowest BCUT2D eigenvalue weighted by Crippen LogP contribution is -2.04. The van der Waals surface area contributed by atoms with Crippen LogP contribution in [0.1, 0.15) is 5.56 Å². The summed E-state index contributed by atoms with van der Waals surface area (Å²) in [6, 6.07) is 5.33. The van der Waals surface area contributed by atoms with Crippen molar-refractivity contribution in [3.05, 3.63) is 29.8 Å². The standard InChI is InChI=1S/C9H9F3S2/c10-9(11,12)7-2-1-3-8(6-7)14-5-4-13/h1-3,6,13H,4-5H2. The van der Waals surface area contributed by atoms with Crippen LogP contribution in [-0.2, 0) is 6.18 Å². The molecule has 0 bridgehead atoms. The highest BCUT2D eigenvalue weighted by molar-refractivity contribution is 8.00. The lowest BCUT2D eigenvalue weighted by molar-refractivity contribution is -0.137. The van der Waals surface area contributed by atoms with E-state index in [1.165, 1.54) is 17.8 Å². The summed E-state index contributed by atoms with van der Waals surface area (Å²) in [6.07, 6.45) is -4.25. The highest BCUT2D eigenvalue weighted by Crippen LogP contribution is 2.31. The molecule has 0 unspecified atom stereocenters. The predicted octanol–water partition coefficient (Wildman–Crippen LogP) is 3.73. The number of thioether (sulfide) groups is 1. The van der Waals surface area contributed by atoms with Crippen molar-refractivity contribution >= 4 is 24.4 Å². The summed E-state index contributed by atoms with van der Waals surface area (Å²) in [4.78, 5) is 0.633. The molecule has 0 nitrogen and oxygen atoms in total. The fourth-order valence-corrected chi connectivity index (χ4v) is 1.91. The van der Waals surface area contributed by atoms with Gasteiger partial charge in [0.05, 0.1) is 5.56 Å². The fraction of sp³-hybridized carbons (Fsp3) is 0.333. The SMILES string of the molecule is FC(F)(F)c1cccc(SCCS)c1. The largest absolute Gasteiger partial charge is 0.416 e. The van der Waals surface area contributed by atoms with Gasteiger partial charge in [0.15, 0.2) is 0 Å². The molecule has 0 atom stereocenters. The maximum atomic E-state index is 12.3. The van der Waals surface area contributed by atoms with E-state index in [1.807, 2.05) is 0 Å². The van der Waals surface area contributed by atoms with Gasteiger partial charge in [0.25, 0.3) is 0 Å². The average molecular weight is 238 g/mol. The van der Waals surface area contributed by atoms with Gasteiger partial charge in [-0.3, -0.25) is 0 Å². The van der Waals surface area contributed by atoms with Crippen LogP contribution >= 0.6 is 24.4 Å². The molecule has 0 aromatic heterocycles. The Hall–Kier alpha value is -0.290. The normalized spacial score (nSPS) is 11.7. The maximum Gasteiger partial charge on any atom is 0.416 e. The molecule has 0 heterocycles. The number of benzene rings is 1. The lowest BCUT2D eigenvalue weighted by atomic mass is 10.2. The van der Waals surface area contributed by atoms with Gasteiger partial charge in [-0.15, -0.1) is 11.8 Å². The smallest absolute Gasteiger partial charge is 0.178 e. The number of halogens is 3. The van der Waals surface area contributed by atoms with Crippen LogP contribution in [0.5, 0.6) is 0 Å². The highest BCUT2D eigenvalue weighted by atomic mass is 32.2. The third kappa shape index (κ3) is 3.46. The molecule has 78 valence electrons.